The monoisotopic (exact) mass is 437 g/mol. The highest BCUT2D eigenvalue weighted by molar-refractivity contribution is 6.14. The molecule has 0 aliphatic heterocycles. The molecule has 0 aliphatic carbocycles. The van der Waals surface area contributed by atoms with Gasteiger partial charge in [0.25, 0.3) is 5.91 Å². The van der Waals surface area contributed by atoms with Crippen molar-refractivity contribution >= 4 is 33.9 Å². The van der Waals surface area contributed by atoms with E-state index < -0.39 is 5.97 Å². The number of phenolic OH excluding ortho intramolecular Hbond substituents is 1. The quantitative estimate of drug-likeness (QED) is 0.307. The number of nitrogens with one attached hydrogen (secondary N) is 1. The fourth-order valence-electron chi connectivity index (χ4n) is 3.88. The van der Waals surface area contributed by atoms with Crippen LogP contribution in [-0.4, -0.2) is 22.1 Å². The number of hydrogen-bond acceptors (Lipinski definition) is 3. The number of allylic oxidation sites excluding steroid dienone is 1. The number of amides is 1. The van der Waals surface area contributed by atoms with Crippen molar-refractivity contribution in [1.82, 2.24) is 0 Å². The van der Waals surface area contributed by atoms with E-state index in [1.807, 2.05) is 55.5 Å². The molecule has 5 heteroatoms. The van der Waals surface area contributed by atoms with Gasteiger partial charge in [-0.05, 0) is 75.9 Å². The van der Waals surface area contributed by atoms with Gasteiger partial charge in [-0.1, -0.05) is 55.5 Å². The highest BCUT2D eigenvalue weighted by Crippen LogP contribution is 2.30. The second-order valence-corrected chi connectivity index (χ2v) is 7.69. The Labute approximate surface area is 191 Å². The SMILES string of the molecule is CC/C(=C\C(=O)O)c1cccc(NC(=O)c2cc(-c3cccc(O)c3)cc3ccccc23)c1. The number of phenols is 1. The predicted octanol–water partition coefficient (Wildman–Crippen LogP) is 6.34. The zero-order valence-corrected chi connectivity index (χ0v) is 18.1. The zero-order chi connectivity index (χ0) is 23.4. The number of anilines is 1. The van der Waals surface area contributed by atoms with E-state index in [1.54, 1.807) is 36.4 Å². The Morgan fingerprint density at radius 1 is 0.879 bits per heavy atom. The van der Waals surface area contributed by atoms with Gasteiger partial charge in [0.05, 0.1) is 0 Å². The molecule has 164 valence electrons. The van der Waals surface area contributed by atoms with Gasteiger partial charge < -0.3 is 15.5 Å². The van der Waals surface area contributed by atoms with Crippen LogP contribution in [0.2, 0.25) is 0 Å². The van der Waals surface area contributed by atoms with E-state index in [1.165, 1.54) is 6.08 Å². The third kappa shape index (κ3) is 4.93. The van der Waals surface area contributed by atoms with Gasteiger partial charge in [-0.25, -0.2) is 4.79 Å². The van der Waals surface area contributed by atoms with Crippen LogP contribution in [0.1, 0.15) is 29.3 Å². The molecular formula is C28H23NO4. The Morgan fingerprint density at radius 3 is 2.42 bits per heavy atom. The topological polar surface area (TPSA) is 86.6 Å². The molecule has 0 saturated carbocycles. The van der Waals surface area contributed by atoms with E-state index >= 15 is 0 Å². The van der Waals surface area contributed by atoms with Crippen LogP contribution in [-0.2, 0) is 4.79 Å². The average Bonchev–Trinajstić information content (AvgIpc) is 2.81. The third-order valence-corrected chi connectivity index (χ3v) is 5.46. The highest BCUT2D eigenvalue weighted by Gasteiger charge is 2.14. The Morgan fingerprint density at radius 2 is 1.67 bits per heavy atom. The second-order valence-electron chi connectivity index (χ2n) is 7.69. The Kier molecular flexibility index (Phi) is 6.22. The van der Waals surface area contributed by atoms with Crippen molar-refractivity contribution in [2.75, 3.05) is 5.32 Å². The number of hydrogen-bond donors (Lipinski definition) is 3. The van der Waals surface area contributed by atoms with Gasteiger partial charge in [0, 0.05) is 17.3 Å². The summed E-state index contributed by atoms with van der Waals surface area (Å²) in [6.45, 7) is 1.89. The summed E-state index contributed by atoms with van der Waals surface area (Å²) in [5.74, 6) is -1.12. The van der Waals surface area contributed by atoms with E-state index in [0.717, 1.165) is 27.5 Å². The molecule has 0 aliphatic rings. The van der Waals surface area contributed by atoms with Gasteiger partial charge in [0.1, 0.15) is 5.75 Å². The summed E-state index contributed by atoms with van der Waals surface area (Å²) in [5, 5.41) is 23.7. The lowest BCUT2D eigenvalue weighted by molar-refractivity contribution is -0.131. The van der Waals surface area contributed by atoms with Crippen LogP contribution in [0.15, 0.2) is 91.0 Å². The standard InChI is InChI=1S/C28H23NO4/c1-2-18(17-27(31)32)19-8-5-10-23(14-19)29-28(33)26-16-22(20-9-6-11-24(30)15-20)13-21-7-3-4-12-25(21)26/h3-17,30H,2H2,1H3,(H,29,33)(H,31,32)/b18-17+. The first-order valence-electron chi connectivity index (χ1n) is 10.6. The molecule has 33 heavy (non-hydrogen) atoms. The van der Waals surface area contributed by atoms with Crippen LogP contribution in [0.4, 0.5) is 5.69 Å². The molecule has 4 aromatic rings. The molecule has 4 rings (SSSR count). The van der Waals surface area contributed by atoms with Gasteiger partial charge >= 0.3 is 5.97 Å². The fraction of sp³-hybridized carbons (Fsp3) is 0.0714. The minimum atomic E-state index is -1.00. The summed E-state index contributed by atoms with van der Waals surface area (Å²) < 4.78 is 0. The fourth-order valence-corrected chi connectivity index (χ4v) is 3.88. The number of carbonyl (C=O) groups is 2. The first-order valence-corrected chi connectivity index (χ1v) is 10.6. The van der Waals surface area contributed by atoms with Gasteiger partial charge in [0.2, 0.25) is 0 Å². The number of aliphatic carboxylic acids is 1. The largest absolute Gasteiger partial charge is 0.508 e. The molecule has 0 radical (unpaired) electrons. The van der Waals surface area contributed by atoms with Crippen molar-refractivity contribution in [2.45, 2.75) is 13.3 Å². The van der Waals surface area contributed by atoms with Crippen LogP contribution in [0, 0.1) is 0 Å². The minimum Gasteiger partial charge on any atom is -0.508 e. The molecule has 4 aromatic carbocycles. The van der Waals surface area contributed by atoms with Crippen LogP contribution < -0.4 is 5.32 Å². The summed E-state index contributed by atoms with van der Waals surface area (Å²) in [6.07, 6.45) is 1.74. The zero-order valence-electron chi connectivity index (χ0n) is 18.1. The summed E-state index contributed by atoms with van der Waals surface area (Å²) in [5.41, 5.74) is 4.14. The first-order chi connectivity index (χ1) is 15.9. The third-order valence-electron chi connectivity index (χ3n) is 5.46. The average molecular weight is 437 g/mol. The Bertz CT molecular complexity index is 1390. The lowest BCUT2D eigenvalue weighted by Crippen LogP contribution is -2.13. The first kappa shape index (κ1) is 21.8. The molecule has 0 unspecified atom stereocenters. The molecule has 0 heterocycles. The van der Waals surface area contributed by atoms with E-state index in [-0.39, 0.29) is 11.7 Å². The summed E-state index contributed by atoms with van der Waals surface area (Å²) in [7, 11) is 0. The van der Waals surface area contributed by atoms with E-state index in [0.29, 0.717) is 23.2 Å². The molecule has 0 aromatic heterocycles. The molecule has 3 N–H and O–H groups in total. The van der Waals surface area contributed by atoms with Crippen LogP contribution in [0.3, 0.4) is 0 Å². The summed E-state index contributed by atoms with van der Waals surface area (Å²) in [6, 6.07) is 25.5. The van der Waals surface area contributed by atoms with Crippen LogP contribution in [0.5, 0.6) is 5.75 Å². The van der Waals surface area contributed by atoms with Crippen LogP contribution in [0.25, 0.3) is 27.5 Å². The maximum absolute atomic E-state index is 13.3. The number of rotatable bonds is 6. The molecule has 0 bridgehead atoms. The number of carboxylic acids is 1. The van der Waals surface area contributed by atoms with Crippen LogP contribution >= 0.6 is 0 Å². The highest BCUT2D eigenvalue weighted by atomic mass is 16.4. The number of fused-ring (bicyclic) bond motifs is 1. The van der Waals surface area contributed by atoms with Gasteiger partial charge in [-0.15, -0.1) is 0 Å². The van der Waals surface area contributed by atoms with Crippen molar-refractivity contribution in [3.05, 3.63) is 102 Å². The second kappa shape index (κ2) is 9.40. The molecule has 0 atom stereocenters. The number of carboxylic acid groups (broad SMARTS) is 1. The molecule has 1 amide bonds. The van der Waals surface area contributed by atoms with Gasteiger partial charge in [-0.2, -0.15) is 0 Å². The molecule has 0 spiro atoms. The number of benzene rings is 4. The lowest BCUT2D eigenvalue weighted by Gasteiger charge is -2.13. The normalized spacial score (nSPS) is 11.4. The van der Waals surface area contributed by atoms with Gasteiger partial charge in [-0.3, -0.25) is 4.79 Å². The van der Waals surface area contributed by atoms with E-state index in [4.69, 9.17) is 5.11 Å². The maximum atomic E-state index is 13.3. The van der Waals surface area contributed by atoms with Gasteiger partial charge in [0.15, 0.2) is 0 Å². The van der Waals surface area contributed by atoms with Crippen molar-refractivity contribution in [3.8, 4) is 16.9 Å². The molecule has 5 nitrogen and oxygen atoms in total. The molecule has 0 saturated heterocycles. The Balaban J connectivity index is 1.73. The number of aromatic hydroxyl groups is 1. The summed E-state index contributed by atoms with van der Waals surface area (Å²) in [4.78, 5) is 24.5. The van der Waals surface area contributed by atoms with Crippen molar-refractivity contribution < 1.29 is 19.8 Å². The summed E-state index contributed by atoms with van der Waals surface area (Å²) >= 11 is 0. The van der Waals surface area contributed by atoms with Crippen molar-refractivity contribution in [3.63, 3.8) is 0 Å². The van der Waals surface area contributed by atoms with Crippen molar-refractivity contribution in [2.24, 2.45) is 0 Å². The van der Waals surface area contributed by atoms with Crippen molar-refractivity contribution in [1.29, 1.82) is 0 Å². The maximum Gasteiger partial charge on any atom is 0.328 e. The number of carbonyl (C=O) groups excluding carboxylic acids is 1. The van der Waals surface area contributed by atoms with E-state index in [2.05, 4.69) is 5.32 Å². The smallest absolute Gasteiger partial charge is 0.328 e. The molecule has 0 fully saturated rings. The van der Waals surface area contributed by atoms with E-state index in [9.17, 15) is 14.7 Å². The Hall–Kier alpha value is -4.38. The minimum absolute atomic E-state index is 0.157. The molecular weight excluding hydrogens is 414 g/mol. The predicted molar refractivity (Wildman–Crippen MR) is 131 cm³/mol. The lowest BCUT2D eigenvalue weighted by atomic mass is 9.96.